The van der Waals surface area contributed by atoms with Gasteiger partial charge in [-0.3, -0.25) is 9.59 Å². The Hall–Kier alpha value is -2.73. The molecule has 0 bridgehead atoms. The summed E-state index contributed by atoms with van der Waals surface area (Å²) < 4.78 is 10.9. The van der Waals surface area contributed by atoms with Crippen molar-refractivity contribution in [3.05, 3.63) is 70.9 Å². The fourth-order valence-electron chi connectivity index (χ4n) is 4.10. The summed E-state index contributed by atoms with van der Waals surface area (Å²) >= 11 is 1.75. The molecule has 2 aromatic carbocycles. The summed E-state index contributed by atoms with van der Waals surface area (Å²) in [6, 6.07) is 14.0. The van der Waals surface area contributed by atoms with Crippen LogP contribution in [-0.2, 0) is 24.8 Å². The van der Waals surface area contributed by atoms with E-state index in [4.69, 9.17) is 9.47 Å². The lowest BCUT2D eigenvalue weighted by Crippen LogP contribution is -2.48. The van der Waals surface area contributed by atoms with Crippen LogP contribution in [0.25, 0.3) is 10.9 Å². The van der Waals surface area contributed by atoms with Crippen molar-refractivity contribution in [1.29, 1.82) is 0 Å². The number of hydrogen-bond acceptors (Lipinski definition) is 5. The third kappa shape index (κ3) is 3.72. The van der Waals surface area contributed by atoms with E-state index in [1.165, 1.54) is 5.56 Å². The number of rotatable bonds is 5. The molecule has 1 aromatic heterocycles. The Labute approximate surface area is 180 Å². The summed E-state index contributed by atoms with van der Waals surface area (Å²) in [5.41, 5.74) is 5.07. The number of carbonyl (C=O) groups excluding carboxylic acids is 2. The summed E-state index contributed by atoms with van der Waals surface area (Å²) in [6.45, 7) is 5.14. The van der Waals surface area contributed by atoms with E-state index in [1.54, 1.807) is 25.6 Å². The molecule has 1 aliphatic rings. The van der Waals surface area contributed by atoms with Crippen LogP contribution in [0.2, 0.25) is 0 Å². The van der Waals surface area contributed by atoms with Gasteiger partial charge in [-0.25, -0.2) is 0 Å². The van der Waals surface area contributed by atoms with Crippen molar-refractivity contribution in [3.8, 4) is 0 Å². The van der Waals surface area contributed by atoms with E-state index in [-0.39, 0.29) is 0 Å². The Kier molecular flexibility index (Phi) is 5.36. The van der Waals surface area contributed by atoms with E-state index in [9.17, 15) is 9.59 Å². The van der Waals surface area contributed by atoms with E-state index >= 15 is 0 Å². The largest absolute Gasteiger partial charge is 0.422 e. The van der Waals surface area contributed by atoms with Gasteiger partial charge < -0.3 is 14.5 Å². The molecule has 3 aromatic rings. The molecule has 6 heteroatoms. The molecule has 0 spiro atoms. The Morgan fingerprint density at radius 2 is 1.73 bits per heavy atom. The van der Waals surface area contributed by atoms with Gasteiger partial charge in [-0.15, -0.1) is 0 Å². The zero-order valence-electron chi connectivity index (χ0n) is 17.5. The number of ether oxygens (including phenoxy) is 2. The van der Waals surface area contributed by atoms with E-state index in [1.807, 2.05) is 49.5 Å². The Morgan fingerprint density at radius 1 is 1.07 bits per heavy atom. The molecule has 30 heavy (non-hydrogen) atoms. The highest BCUT2D eigenvalue weighted by Crippen LogP contribution is 2.41. The van der Waals surface area contributed by atoms with E-state index in [0.717, 1.165) is 33.3 Å². The van der Waals surface area contributed by atoms with Crippen molar-refractivity contribution in [1.82, 2.24) is 4.98 Å². The molecule has 1 N–H and O–H groups in total. The van der Waals surface area contributed by atoms with Crippen LogP contribution in [0, 0.1) is 12.8 Å². The minimum atomic E-state index is -1.26. The summed E-state index contributed by atoms with van der Waals surface area (Å²) in [5, 5.41) is 0.998. The molecule has 1 atom stereocenters. The third-order valence-corrected chi connectivity index (χ3v) is 6.04. The molecule has 1 aliphatic heterocycles. The van der Waals surface area contributed by atoms with Crippen molar-refractivity contribution in [3.63, 3.8) is 0 Å². The highest BCUT2D eigenvalue weighted by atomic mass is 32.2. The predicted molar refractivity (Wildman–Crippen MR) is 118 cm³/mol. The van der Waals surface area contributed by atoms with Crippen LogP contribution in [0.15, 0.2) is 48.7 Å². The summed E-state index contributed by atoms with van der Waals surface area (Å²) in [4.78, 5) is 29.3. The van der Waals surface area contributed by atoms with E-state index < -0.39 is 29.6 Å². The van der Waals surface area contributed by atoms with Crippen LogP contribution >= 0.6 is 11.8 Å². The molecule has 4 rings (SSSR count). The molecule has 1 unspecified atom stereocenters. The maximum Gasteiger partial charge on any atom is 0.324 e. The van der Waals surface area contributed by atoms with Gasteiger partial charge in [0.2, 0.25) is 0 Å². The number of H-pyrrole nitrogens is 1. The van der Waals surface area contributed by atoms with Gasteiger partial charge in [0.1, 0.15) is 0 Å². The van der Waals surface area contributed by atoms with Gasteiger partial charge in [0.15, 0.2) is 5.92 Å². The molecule has 0 aliphatic carbocycles. The predicted octanol–water partition coefficient (Wildman–Crippen LogP) is 4.92. The molecule has 1 fully saturated rings. The minimum absolute atomic E-state index is 0.514. The Balaban J connectivity index is 1.88. The van der Waals surface area contributed by atoms with Crippen molar-refractivity contribution in [2.75, 3.05) is 6.26 Å². The summed E-state index contributed by atoms with van der Waals surface area (Å²) in [5.74, 6) is -3.08. The first-order valence-corrected chi connectivity index (χ1v) is 11.3. The lowest BCUT2D eigenvalue weighted by Gasteiger charge is -2.36. The van der Waals surface area contributed by atoms with Gasteiger partial charge in [-0.1, -0.05) is 48.0 Å². The van der Waals surface area contributed by atoms with Crippen LogP contribution in [0.4, 0.5) is 0 Å². The molecule has 156 valence electrons. The van der Waals surface area contributed by atoms with Gasteiger partial charge >= 0.3 is 11.9 Å². The first kappa shape index (κ1) is 20.5. The molecule has 2 heterocycles. The fraction of sp³-hybridized carbons (Fsp3) is 0.333. The maximum atomic E-state index is 13.0. The SMILES string of the molecule is CSCc1cccc2c(C(c3ccc(C)cc3)C3C(=O)OC(C)(C)OC3=O)c[nH]c12. The highest BCUT2D eigenvalue weighted by molar-refractivity contribution is 7.97. The van der Waals surface area contributed by atoms with Crippen LogP contribution in [-0.4, -0.2) is 29.0 Å². The van der Waals surface area contributed by atoms with E-state index in [0.29, 0.717) is 0 Å². The monoisotopic (exact) mass is 423 g/mol. The van der Waals surface area contributed by atoms with Gasteiger partial charge in [0.05, 0.1) is 0 Å². The zero-order valence-corrected chi connectivity index (χ0v) is 18.3. The molecule has 0 radical (unpaired) electrons. The number of aromatic amines is 1. The highest BCUT2D eigenvalue weighted by Gasteiger charge is 2.48. The van der Waals surface area contributed by atoms with Gasteiger partial charge in [0, 0.05) is 42.6 Å². The second-order valence-corrected chi connectivity index (χ2v) is 8.99. The van der Waals surface area contributed by atoms with Gasteiger partial charge in [-0.05, 0) is 29.9 Å². The third-order valence-electron chi connectivity index (χ3n) is 5.44. The maximum absolute atomic E-state index is 13.0. The van der Waals surface area contributed by atoms with Crippen LogP contribution in [0.5, 0.6) is 0 Å². The van der Waals surface area contributed by atoms with Crippen molar-refractivity contribution < 1.29 is 19.1 Å². The number of thioether (sulfide) groups is 1. The number of cyclic esters (lactones) is 2. The van der Waals surface area contributed by atoms with Crippen molar-refractivity contribution in [2.24, 2.45) is 5.92 Å². The zero-order chi connectivity index (χ0) is 21.5. The average Bonchev–Trinajstić information content (AvgIpc) is 3.10. The molecule has 5 nitrogen and oxygen atoms in total. The van der Waals surface area contributed by atoms with E-state index in [2.05, 4.69) is 17.3 Å². The summed E-state index contributed by atoms with van der Waals surface area (Å²) in [7, 11) is 0. The number of esters is 2. The second-order valence-electron chi connectivity index (χ2n) is 8.12. The number of aryl methyl sites for hydroxylation is 1. The van der Waals surface area contributed by atoms with Crippen LogP contribution in [0.3, 0.4) is 0 Å². The number of para-hydroxylation sites is 1. The van der Waals surface area contributed by atoms with Crippen molar-refractivity contribution in [2.45, 2.75) is 38.2 Å². The average molecular weight is 424 g/mol. The fourth-order valence-corrected chi connectivity index (χ4v) is 4.65. The molecular weight excluding hydrogens is 398 g/mol. The standard InChI is InChI=1S/C24H25NO4S/c1-14-8-10-15(11-9-14)19(20-22(26)28-24(2,3)29-23(20)27)18-12-25-21-16(13-30-4)6-5-7-17(18)21/h5-12,19-20,25H,13H2,1-4H3. The van der Waals surface area contributed by atoms with Crippen molar-refractivity contribution >= 4 is 34.6 Å². The first-order chi connectivity index (χ1) is 14.3. The molecule has 1 saturated heterocycles. The Bertz CT molecular complexity index is 1080. The number of fused-ring (bicyclic) bond motifs is 1. The van der Waals surface area contributed by atoms with Crippen LogP contribution < -0.4 is 0 Å². The molecule has 0 saturated carbocycles. The normalized spacial score (nSPS) is 17.6. The summed E-state index contributed by atoms with van der Waals surface area (Å²) in [6.07, 6.45) is 3.97. The first-order valence-electron chi connectivity index (χ1n) is 9.91. The second kappa shape index (κ2) is 7.84. The quantitative estimate of drug-likeness (QED) is 0.466. The number of benzene rings is 2. The number of aromatic nitrogens is 1. The minimum Gasteiger partial charge on any atom is -0.422 e. The number of hydrogen-bond donors (Lipinski definition) is 1. The smallest absolute Gasteiger partial charge is 0.324 e. The molecular formula is C24H25NO4S. The van der Waals surface area contributed by atoms with Gasteiger partial charge in [0.25, 0.3) is 5.79 Å². The Morgan fingerprint density at radius 3 is 2.37 bits per heavy atom. The number of nitrogens with one attached hydrogen (secondary N) is 1. The topological polar surface area (TPSA) is 68.4 Å². The van der Waals surface area contributed by atoms with Gasteiger partial charge in [-0.2, -0.15) is 11.8 Å². The number of carbonyl (C=O) groups is 2. The lowest BCUT2D eigenvalue weighted by atomic mass is 9.79. The lowest BCUT2D eigenvalue weighted by molar-refractivity contribution is -0.240. The van der Waals surface area contributed by atoms with Crippen LogP contribution in [0.1, 0.15) is 42.0 Å². The molecule has 0 amide bonds.